The molecule has 2 heteroatoms. The number of ketones is 1. The molecule has 0 aromatic rings. The Morgan fingerprint density at radius 1 is 0.917 bits per heavy atom. The van der Waals surface area contributed by atoms with Gasteiger partial charge in [0, 0.05) is 5.92 Å². The van der Waals surface area contributed by atoms with E-state index in [0.717, 1.165) is 42.9 Å². The molecule has 0 bridgehead atoms. The Hall–Kier alpha value is -0.370. The van der Waals surface area contributed by atoms with Crippen LogP contribution in [0.25, 0.3) is 0 Å². The van der Waals surface area contributed by atoms with Crippen LogP contribution in [0.15, 0.2) is 0 Å². The first-order valence-corrected chi connectivity index (χ1v) is 10.5. The summed E-state index contributed by atoms with van der Waals surface area (Å²) in [5, 5.41) is 10.1. The van der Waals surface area contributed by atoms with Gasteiger partial charge in [-0.2, -0.15) is 0 Å². The van der Waals surface area contributed by atoms with Crippen molar-refractivity contribution in [3.8, 4) is 0 Å². The van der Waals surface area contributed by atoms with Crippen molar-refractivity contribution in [1.29, 1.82) is 0 Å². The van der Waals surface area contributed by atoms with Gasteiger partial charge >= 0.3 is 0 Å². The Kier molecular flexibility index (Phi) is 4.14. The largest absolute Gasteiger partial charge is 0.393 e. The van der Waals surface area contributed by atoms with Crippen LogP contribution in [0.5, 0.6) is 0 Å². The maximum atomic E-state index is 12.3. The molecule has 0 aliphatic heterocycles. The molecule has 136 valence electrons. The van der Waals surface area contributed by atoms with E-state index in [9.17, 15) is 9.90 Å². The van der Waals surface area contributed by atoms with Crippen LogP contribution >= 0.6 is 0 Å². The van der Waals surface area contributed by atoms with Crippen LogP contribution in [0.2, 0.25) is 0 Å². The SMILES string of the molecule is CC(=O)[C@@H]1CCC[C@H]2[C@@H]3CC[C@H]4C[C@@H](O)CC[C@]4(C)[C@H]3CC[C@]12C. The third-order valence-electron chi connectivity index (χ3n) is 9.37. The Morgan fingerprint density at radius 3 is 2.38 bits per heavy atom. The van der Waals surface area contributed by atoms with Gasteiger partial charge in [0.15, 0.2) is 0 Å². The summed E-state index contributed by atoms with van der Waals surface area (Å²) >= 11 is 0. The number of fused-ring (bicyclic) bond motifs is 5. The van der Waals surface area contributed by atoms with Crippen molar-refractivity contribution >= 4 is 5.78 Å². The smallest absolute Gasteiger partial charge is 0.133 e. The van der Waals surface area contributed by atoms with Crippen molar-refractivity contribution in [2.75, 3.05) is 0 Å². The molecule has 0 aromatic carbocycles. The first kappa shape index (κ1) is 17.1. The van der Waals surface area contributed by atoms with Crippen LogP contribution in [-0.2, 0) is 4.79 Å². The third kappa shape index (κ3) is 2.35. The minimum Gasteiger partial charge on any atom is -0.393 e. The van der Waals surface area contributed by atoms with Crippen LogP contribution in [0.1, 0.15) is 85.0 Å². The molecule has 4 aliphatic rings. The number of Topliss-reactive ketones (excluding diaryl/α,β-unsaturated/α-hetero) is 1. The van der Waals surface area contributed by atoms with Crippen LogP contribution < -0.4 is 0 Å². The van der Waals surface area contributed by atoms with Gasteiger partial charge in [-0.25, -0.2) is 0 Å². The highest BCUT2D eigenvalue weighted by atomic mass is 16.3. The highest BCUT2D eigenvalue weighted by Gasteiger charge is 2.59. The molecule has 4 rings (SSSR count). The molecule has 2 nitrogen and oxygen atoms in total. The van der Waals surface area contributed by atoms with Gasteiger partial charge in [0.25, 0.3) is 0 Å². The lowest BCUT2D eigenvalue weighted by Crippen LogP contribution is -2.57. The van der Waals surface area contributed by atoms with E-state index in [4.69, 9.17) is 0 Å². The van der Waals surface area contributed by atoms with E-state index < -0.39 is 0 Å². The van der Waals surface area contributed by atoms with Crippen LogP contribution in [0, 0.1) is 40.4 Å². The van der Waals surface area contributed by atoms with Crippen LogP contribution in [-0.4, -0.2) is 17.0 Å². The zero-order valence-electron chi connectivity index (χ0n) is 15.9. The fourth-order valence-electron chi connectivity index (χ4n) is 8.10. The summed E-state index contributed by atoms with van der Waals surface area (Å²) in [7, 11) is 0. The summed E-state index contributed by atoms with van der Waals surface area (Å²) in [4.78, 5) is 12.3. The van der Waals surface area contributed by atoms with Gasteiger partial charge < -0.3 is 5.11 Å². The topological polar surface area (TPSA) is 37.3 Å². The minimum atomic E-state index is -0.0507. The summed E-state index contributed by atoms with van der Waals surface area (Å²) in [6, 6.07) is 0. The first-order chi connectivity index (χ1) is 11.4. The Morgan fingerprint density at radius 2 is 1.62 bits per heavy atom. The molecule has 4 saturated carbocycles. The Labute approximate surface area is 147 Å². The highest BCUT2D eigenvalue weighted by molar-refractivity contribution is 5.79. The van der Waals surface area contributed by atoms with Crippen molar-refractivity contribution in [2.24, 2.45) is 40.4 Å². The van der Waals surface area contributed by atoms with Gasteiger partial charge in [-0.3, -0.25) is 4.79 Å². The molecule has 8 atom stereocenters. The molecule has 0 spiro atoms. The molecular formula is C22H36O2. The predicted octanol–water partition coefficient (Wildman–Crippen LogP) is 4.99. The van der Waals surface area contributed by atoms with Crippen molar-refractivity contribution in [2.45, 2.75) is 91.1 Å². The number of carbonyl (C=O) groups is 1. The van der Waals surface area contributed by atoms with E-state index >= 15 is 0 Å². The van der Waals surface area contributed by atoms with E-state index in [1.807, 2.05) is 6.92 Å². The van der Waals surface area contributed by atoms with Gasteiger partial charge in [0.05, 0.1) is 6.10 Å². The van der Waals surface area contributed by atoms with Gasteiger partial charge in [-0.05, 0) is 99.2 Å². The average Bonchev–Trinajstić information content (AvgIpc) is 2.54. The van der Waals surface area contributed by atoms with E-state index in [2.05, 4.69) is 13.8 Å². The first-order valence-electron chi connectivity index (χ1n) is 10.5. The molecule has 0 saturated heterocycles. The molecule has 4 fully saturated rings. The summed E-state index contributed by atoms with van der Waals surface area (Å²) in [6.07, 6.45) is 12.2. The second-order valence-corrected chi connectivity index (χ2v) is 10.2. The molecule has 0 amide bonds. The zero-order valence-corrected chi connectivity index (χ0v) is 15.9. The zero-order chi connectivity index (χ0) is 17.1. The van der Waals surface area contributed by atoms with Crippen molar-refractivity contribution < 1.29 is 9.90 Å². The number of aliphatic hydroxyl groups is 1. The normalized spacial score (nSPS) is 54.3. The maximum absolute atomic E-state index is 12.3. The molecular weight excluding hydrogens is 296 g/mol. The number of aliphatic hydroxyl groups excluding tert-OH is 1. The highest BCUT2D eigenvalue weighted by Crippen LogP contribution is 2.66. The number of hydrogen-bond donors (Lipinski definition) is 1. The van der Waals surface area contributed by atoms with Gasteiger partial charge in [0.2, 0.25) is 0 Å². The predicted molar refractivity (Wildman–Crippen MR) is 96.5 cm³/mol. The fraction of sp³-hybridized carbons (Fsp3) is 0.955. The number of carbonyl (C=O) groups excluding carboxylic acids is 1. The molecule has 1 N–H and O–H groups in total. The lowest BCUT2D eigenvalue weighted by atomic mass is 9.41. The lowest BCUT2D eigenvalue weighted by Gasteiger charge is -2.63. The van der Waals surface area contributed by atoms with E-state index in [1.54, 1.807) is 0 Å². The molecule has 4 aliphatic carbocycles. The molecule has 0 unspecified atom stereocenters. The monoisotopic (exact) mass is 332 g/mol. The second kappa shape index (κ2) is 5.83. The van der Waals surface area contributed by atoms with E-state index in [-0.39, 0.29) is 11.5 Å². The minimum absolute atomic E-state index is 0.0507. The number of rotatable bonds is 1. The van der Waals surface area contributed by atoms with Crippen molar-refractivity contribution in [3.05, 3.63) is 0 Å². The summed E-state index contributed by atoms with van der Waals surface area (Å²) in [5.41, 5.74) is 0.718. The molecule has 24 heavy (non-hydrogen) atoms. The summed E-state index contributed by atoms with van der Waals surface area (Å²) < 4.78 is 0. The molecule has 0 aromatic heterocycles. The van der Waals surface area contributed by atoms with Gasteiger partial charge in [-0.15, -0.1) is 0 Å². The average molecular weight is 333 g/mol. The van der Waals surface area contributed by atoms with E-state index in [0.29, 0.717) is 17.1 Å². The van der Waals surface area contributed by atoms with Gasteiger partial charge in [0.1, 0.15) is 5.78 Å². The van der Waals surface area contributed by atoms with Gasteiger partial charge in [-0.1, -0.05) is 20.3 Å². The Bertz CT molecular complexity index is 514. The van der Waals surface area contributed by atoms with Crippen molar-refractivity contribution in [1.82, 2.24) is 0 Å². The maximum Gasteiger partial charge on any atom is 0.133 e. The van der Waals surface area contributed by atoms with Crippen LogP contribution in [0.4, 0.5) is 0 Å². The fourth-order valence-corrected chi connectivity index (χ4v) is 8.10. The van der Waals surface area contributed by atoms with Crippen LogP contribution in [0.3, 0.4) is 0 Å². The standard InChI is InChI=1S/C22H36O2/c1-14(23)18-5-4-6-19-17-8-7-15-13-16(24)9-11-21(15,2)20(17)10-12-22(18,19)3/h15-20,24H,4-13H2,1-3H3/t15-,16-,17-,18-,19-,20-,21-,22+/m0/s1. The molecule has 0 radical (unpaired) electrons. The second-order valence-electron chi connectivity index (χ2n) is 10.2. The molecule has 0 heterocycles. The third-order valence-corrected chi connectivity index (χ3v) is 9.37. The lowest BCUT2D eigenvalue weighted by molar-refractivity contribution is -0.159. The number of hydrogen-bond acceptors (Lipinski definition) is 2. The summed E-state index contributed by atoms with van der Waals surface area (Å²) in [6.45, 7) is 6.84. The quantitative estimate of drug-likeness (QED) is 0.735. The summed E-state index contributed by atoms with van der Waals surface area (Å²) in [5.74, 6) is 3.94. The Balaban J connectivity index is 1.63. The van der Waals surface area contributed by atoms with Crippen molar-refractivity contribution in [3.63, 3.8) is 0 Å². The van der Waals surface area contributed by atoms with E-state index in [1.165, 1.54) is 44.9 Å².